The number of esters is 1. The molecule has 2 N–H and O–H groups in total. The van der Waals surface area contributed by atoms with Crippen LogP contribution in [-0.2, 0) is 11.0 Å². The number of carbonyl (C=O) groups is 2. The average Bonchev–Trinajstić information content (AvgIpc) is 3.37. The molecule has 2 aromatic carbocycles. The van der Waals surface area contributed by atoms with Gasteiger partial charge in [0.05, 0.1) is 21.3 Å². The number of hydrogen-bond donors (Lipinski definition) is 2. The maximum Gasteiger partial charge on any atom is 0.416 e. The molecule has 0 radical (unpaired) electrons. The van der Waals surface area contributed by atoms with E-state index >= 15 is 0 Å². The number of alkyl halides is 3. The van der Waals surface area contributed by atoms with Crippen LogP contribution in [0.2, 0.25) is 0 Å². The van der Waals surface area contributed by atoms with E-state index in [9.17, 15) is 22.8 Å². The highest BCUT2D eigenvalue weighted by atomic mass is 32.1. The van der Waals surface area contributed by atoms with Crippen LogP contribution in [0, 0.1) is 6.92 Å². The minimum atomic E-state index is -4.46. The fourth-order valence-corrected chi connectivity index (χ4v) is 4.19. The van der Waals surface area contributed by atoms with Crippen molar-refractivity contribution in [2.45, 2.75) is 32.0 Å². The number of ether oxygens (including phenoxy) is 1. The van der Waals surface area contributed by atoms with Gasteiger partial charge in [0.15, 0.2) is 5.13 Å². The highest BCUT2D eigenvalue weighted by Gasteiger charge is 2.31. The summed E-state index contributed by atoms with van der Waals surface area (Å²) >= 11 is 0.934. The first-order valence-corrected chi connectivity index (χ1v) is 10.4. The Bertz CT molecular complexity index is 1150. The molecule has 0 bridgehead atoms. The fraction of sp³-hybridized carbons (Fsp3) is 0.286. The summed E-state index contributed by atoms with van der Waals surface area (Å²) in [6.45, 7) is 2.52. The lowest BCUT2D eigenvalue weighted by molar-refractivity contribution is -0.137. The van der Waals surface area contributed by atoms with Crippen molar-refractivity contribution in [3.63, 3.8) is 0 Å². The van der Waals surface area contributed by atoms with Crippen LogP contribution in [0.1, 0.15) is 34.3 Å². The lowest BCUT2D eigenvalue weighted by Gasteiger charge is -2.13. The quantitative estimate of drug-likeness (QED) is 0.452. The van der Waals surface area contributed by atoms with Crippen molar-refractivity contribution in [3.8, 4) is 5.75 Å². The third-order valence-electron chi connectivity index (χ3n) is 4.87. The lowest BCUT2D eigenvalue weighted by atomic mass is 10.1. The van der Waals surface area contributed by atoms with E-state index in [2.05, 4.69) is 15.6 Å². The Morgan fingerprint density at radius 3 is 2.74 bits per heavy atom. The van der Waals surface area contributed by atoms with E-state index in [0.717, 1.165) is 42.0 Å². The summed E-state index contributed by atoms with van der Waals surface area (Å²) in [5.74, 6) is -0.918. The number of nitrogens with one attached hydrogen (secondary N) is 2. The Balaban J connectivity index is 1.56. The maximum absolute atomic E-state index is 12.9. The number of fused-ring (bicyclic) bond motifs is 1. The smallest absolute Gasteiger partial charge is 0.416 e. The second kappa shape index (κ2) is 8.27. The van der Waals surface area contributed by atoms with Crippen LogP contribution in [0.15, 0.2) is 36.4 Å². The zero-order valence-electron chi connectivity index (χ0n) is 16.4. The number of benzene rings is 2. The van der Waals surface area contributed by atoms with E-state index in [-0.39, 0.29) is 16.4 Å². The van der Waals surface area contributed by atoms with Crippen molar-refractivity contribution in [2.24, 2.45) is 0 Å². The first kappa shape index (κ1) is 21.3. The molecule has 1 atom stereocenters. The Labute approximate surface area is 179 Å². The molecule has 1 aliphatic rings. The first-order valence-electron chi connectivity index (χ1n) is 9.55. The Morgan fingerprint density at radius 2 is 2.03 bits per heavy atom. The summed E-state index contributed by atoms with van der Waals surface area (Å²) in [5, 5.41) is 5.79. The monoisotopic (exact) mass is 449 g/mol. The maximum atomic E-state index is 12.9. The summed E-state index contributed by atoms with van der Waals surface area (Å²) in [6.07, 6.45) is -2.93. The van der Waals surface area contributed by atoms with E-state index in [1.165, 1.54) is 6.07 Å². The van der Waals surface area contributed by atoms with E-state index in [1.54, 1.807) is 25.1 Å². The summed E-state index contributed by atoms with van der Waals surface area (Å²) in [7, 11) is 0. The fourth-order valence-electron chi connectivity index (χ4n) is 3.29. The third kappa shape index (κ3) is 4.70. The summed E-state index contributed by atoms with van der Waals surface area (Å²) in [5.41, 5.74) is 0.482. The van der Waals surface area contributed by atoms with Crippen LogP contribution in [0.3, 0.4) is 0 Å². The predicted octanol–water partition coefficient (Wildman–Crippen LogP) is 4.53. The number of carbonyl (C=O) groups excluding carboxylic acids is 2. The predicted molar refractivity (Wildman–Crippen MR) is 110 cm³/mol. The molecule has 0 saturated carbocycles. The Kier molecular flexibility index (Phi) is 5.67. The molecule has 1 fully saturated rings. The van der Waals surface area contributed by atoms with Gasteiger partial charge < -0.3 is 10.1 Å². The summed E-state index contributed by atoms with van der Waals surface area (Å²) in [4.78, 5) is 29.4. The molecule has 2 heterocycles. The minimum Gasteiger partial charge on any atom is -0.425 e. The van der Waals surface area contributed by atoms with Crippen LogP contribution in [-0.4, -0.2) is 29.4 Å². The number of anilines is 1. The first-order chi connectivity index (χ1) is 14.7. The number of rotatable bonds is 4. The van der Waals surface area contributed by atoms with Gasteiger partial charge >= 0.3 is 12.1 Å². The summed E-state index contributed by atoms with van der Waals surface area (Å²) < 4.78 is 44.5. The molecule has 162 valence electrons. The van der Waals surface area contributed by atoms with E-state index in [4.69, 9.17) is 4.74 Å². The highest BCUT2D eigenvalue weighted by Crippen LogP contribution is 2.34. The zero-order valence-corrected chi connectivity index (χ0v) is 17.2. The Hall–Kier alpha value is -2.98. The number of hydrogen-bond acceptors (Lipinski definition) is 6. The second-order valence-electron chi connectivity index (χ2n) is 7.22. The molecule has 3 aromatic rings. The van der Waals surface area contributed by atoms with Gasteiger partial charge in [0.1, 0.15) is 11.8 Å². The van der Waals surface area contributed by atoms with Gasteiger partial charge in [0.2, 0.25) is 0 Å². The van der Waals surface area contributed by atoms with Crippen molar-refractivity contribution in [1.82, 2.24) is 10.3 Å². The van der Waals surface area contributed by atoms with Gasteiger partial charge in [0.25, 0.3) is 5.91 Å². The molecule has 10 heteroatoms. The molecular formula is C21H18F3N3O3S. The number of aromatic nitrogens is 1. The number of aryl methyl sites for hydroxylation is 1. The van der Waals surface area contributed by atoms with Gasteiger partial charge in [0, 0.05) is 0 Å². The third-order valence-corrected chi connectivity index (χ3v) is 5.80. The molecule has 6 nitrogen and oxygen atoms in total. The van der Waals surface area contributed by atoms with Crippen LogP contribution in [0.4, 0.5) is 18.3 Å². The molecule has 31 heavy (non-hydrogen) atoms. The average molecular weight is 449 g/mol. The van der Waals surface area contributed by atoms with Gasteiger partial charge in [-0.2, -0.15) is 13.2 Å². The van der Waals surface area contributed by atoms with Gasteiger partial charge in [-0.1, -0.05) is 23.0 Å². The number of halogens is 3. The number of nitrogens with zero attached hydrogens (tertiary/aromatic N) is 1. The Morgan fingerprint density at radius 1 is 1.23 bits per heavy atom. The van der Waals surface area contributed by atoms with Gasteiger partial charge in [-0.05, 0) is 56.6 Å². The minimum absolute atomic E-state index is 0.113. The summed E-state index contributed by atoms with van der Waals surface area (Å²) in [6, 6.07) is 7.64. The van der Waals surface area contributed by atoms with Crippen molar-refractivity contribution in [2.75, 3.05) is 11.9 Å². The molecule has 0 aliphatic carbocycles. The molecule has 1 aromatic heterocycles. The number of thiazole rings is 1. The van der Waals surface area contributed by atoms with Crippen molar-refractivity contribution < 1.29 is 27.5 Å². The van der Waals surface area contributed by atoms with Crippen LogP contribution < -0.4 is 15.4 Å². The molecule has 1 saturated heterocycles. The number of amides is 1. The van der Waals surface area contributed by atoms with Crippen LogP contribution in [0.25, 0.3) is 10.2 Å². The molecular weight excluding hydrogens is 431 g/mol. The largest absolute Gasteiger partial charge is 0.425 e. The van der Waals surface area contributed by atoms with Crippen molar-refractivity contribution in [3.05, 3.63) is 53.1 Å². The molecule has 1 aliphatic heterocycles. The molecule has 4 rings (SSSR count). The molecule has 0 spiro atoms. The standard InChI is InChI=1S/C21H18F3N3O3S/c1-11-4-7-16(30-19(29)15-3-2-8-25-15)13(9-11)18(28)27-20-26-14-6-5-12(21(22,23)24)10-17(14)31-20/h4-7,9-10,15,25H,2-3,8H2,1H3,(H,26,27,28). The lowest BCUT2D eigenvalue weighted by Crippen LogP contribution is -2.34. The second-order valence-corrected chi connectivity index (χ2v) is 8.25. The molecule has 1 amide bonds. The normalized spacial score (nSPS) is 16.5. The van der Waals surface area contributed by atoms with E-state index in [1.807, 2.05) is 0 Å². The topological polar surface area (TPSA) is 80.3 Å². The highest BCUT2D eigenvalue weighted by molar-refractivity contribution is 7.22. The SMILES string of the molecule is Cc1ccc(OC(=O)C2CCCN2)c(C(=O)Nc2nc3ccc(C(F)(F)F)cc3s2)c1. The van der Waals surface area contributed by atoms with Crippen LogP contribution >= 0.6 is 11.3 Å². The van der Waals surface area contributed by atoms with Gasteiger partial charge in [-0.25, -0.2) is 9.78 Å². The van der Waals surface area contributed by atoms with Gasteiger partial charge in [-0.15, -0.1) is 0 Å². The van der Waals surface area contributed by atoms with E-state index < -0.39 is 29.7 Å². The van der Waals surface area contributed by atoms with Gasteiger partial charge in [-0.3, -0.25) is 10.1 Å². The molecule has 1 unspecified atom stereocenters. The van der Waals surface area contributed by atoms with Crippen LogP contribution in [0.5, 0.6) is 5.75 Å². The zero-order chi connectivity index (χ0) is 22.2. The van der Waals surface area contributed by atoms with E-state index in [0.29, 0.717) is 16.6 Å². The van der Waals surface area contributed by atoms with Crippen molar-refractivity contribution in [1.29, 1.82) is 0 Å². The van der Waals surface area contributed by atoms with Crippen molar-refractivity contribution >= 4 is 38.6 Å².